The van der Waals surface area contributed by atoms with Gasteiger partial charge in [0, 0.05) is 19.4 Å². The highest BCUT2D eigenvalue weighted by Gasteiger charge is 2.13. The first kappa shape index (κ1) is 11.3. The number of aromatic nitrogens is 2. The van der Waals surface area contributed by atoms with Crippen LogP contribution in [-0.2, 0) is 13.5 Å². The first-order chi connectivity index (χ1) is 7.81. The summed E-state index contributed by atoms with van der Waals surface area (Å²) in [4.78, 5) is 4.31. The molecule has 0 aliphatic carbocycles. The van der Waals surface area contributed by atoms with Crippen molar-refractivity contribution in [2.24, 2.45) is 12.9 Å². The van der Waals surface area contributed by atoms with E-state index in [9.17, 15) is 0 Å². The third kappa shape index (κ3) is 2.49. The van der Waals surface area contributed by atoms with Gasteiger partial charge in [-0.1, -0.05) is 0 Å². The standard InChI is InChI=1S/C11H16N4S/c1-15-6-5-13-11(15)10(14-12)3-2-9-4-7-16-8-9/h4-8,10,14H,2-3,12H2,1H3. The molecule has 2 heterocycles. The molecular formula is C11H16N4S. The lowest BCUT2D eigenvalue weighted by Crippen LogP contribution is -2.30. The molecule has 0 bridgehead atoms. The van der Waals surface area contributed by atoms with Crippen LogP contribution in [0.15, 0.2) is 29.2 Å². The fourth-order valence-electron chi connectivity index (χ4n) is 1.75. The number of hydrazine groups is 1. The first-order valence-corrected chi connectivity index (χ1v) is 6.20. The van der Waals surface area contributed by atoms with Crippen molar-refractivity contribution >= 4 is 11.3 Å². The molecule has 1 atom stereocenters. The van der Waals surface area contributed by atoms with E-state index in [2.05, 4.69) is 27.2 Å². The van der Waals surface area contributed by atoms with Gasteiger partial charge >= 0.3 is 0 Å². The van der Waals surface area contributed by atoms with Gasteiger partial charge < -0.3 is 4.57 Å². The van der Waals surface area contributed by atoms with E-state index in [0.29, 0.717) is 0 Å². The molecule has 5 heteroatoms. The minimum Gasteiger partial charge on any atom is -0.337 e. The Balaban J connectivity index is 1.99. The summed E-state index contributed by atoms with van der Waals surface area (Å²) in [7, 11) is 1.98. The molecule has 0 aromatic carbocycles. The zero-order chi connectivity index (χ0) is 11.4. The van der Waals surface area contributed by atoms with Crippen molar-refractivity contribution in [3.63, 3.8) is 0 Å². The molecule has 3 N–H and O–H groups in total. The van der Waals surface area contributed by atoms with Crippen molar-refractivity contribution in [1.82, 2.24) is 15.0 Å². The summed E-state index contributed by atoms with van der Waals surface area (Å²) in [6.45, 7) is 0. The number of imidazole rings is 1. The van der Waals surface area contributed by atoms with Crippen LogP contribution in [0.4, 0.5) is 0 Å². The average molecular weight is 236 g/mol. The summed E-state index contributed by atoms with van der Waals surface area (Å²) < 4.78 is 2.00. The normalized spacial score (nSPS) is 12.9. The summed E-state index contributed by atoms with van der Waals surface area (Å²) >= 11 is 1.73. The number of nitrogens with zero attached hydrogens (tertiary/aromatic N) is 2. The molecule has 0 saturated carbocycles. The lowest BCUT2D eigenvalue weighted by molar-refractivity contribution is 0.478. The van der Waals surface area contributed by atoms with E-state index in [1.54, 1.807) is 17.5 Å². The van der Waals surface area contributed by atoms with Crippen LogP contribution in [0, 0.1) is 0 Å². The van der Waals surface area contributed by atoms with Crippen LogP contribution in [-0.4, -0.2) is 9.55 Å². The number of aryl methyl sites for hydroxylation is 2. The van der Waals surface area contributed by atoms with Gasteiger partial charge in [0.2, 0.25) is 0 Å². The lowest BCUT2D eigenvalue weighted by atomic mass is 10.1. The van der Waals surface area contributed by atoms with Crippen LogP contribution in [0.3, 0.4) is 0 Å². The van der Waals surface area contributed by atoms with E-state index in [0.717, 1.165) is 18.7 Å². The van der Waals surface area contributed by atoms with Gasteiger partial charge in [-0.25, -0.2) is 10.4 Å². The molecule has 0 aliphatic heterocycles. The highest BCUT2D eigenvalue weighted by molar-refractivity contribution is 7.07. The average Bonchev–Trinajstić information content (AvgIpc) is 2.92. The van der Waals surface area contributed by atoms with Crippen LogP contribution >= 0.6 is 11.3 Å². The number of nitrogens with two attached hydrogens (primary N) is 1. The van der Waals surface area contributed by atoms with Crippen molar-refractivity contribution in [3.8, 4) is 0 Å². The molecule has 0 radical (unpaired) electrons. The Morgan fingerprint density at radius 1 is 1.62 bits per heavy atom. The predicted molar refractivity (Wildman–Crippen MR) is 65.9 cm³/mol. The fourth-order valence-corrected chi connectivity index (χ4v) is 2.45. The molecule has 0 spiro atoms. The molecular weight excluding hydrogens is 220 g/mol. The molecule has 0 amide bonds. The number of hydrogen-bond acceptors (Lipinski definition) is 4. The quantitative estimate of drug-likeness (QED) is 0.612. The van der Waals surface area contributed by atoms with E-state index in [1.165, 1.54) is 5.56 Å². The highest BCUT2D eigenvalue weighted by atomic mass is 32.1. The van der Waals surface area contributed by atoms with E-state index in [1.807, 2.05) is 17.8 Å². The Labute approximate surface area is 99.1 Å². The Morgan fingerprint density at radius 3 is 3.06 bits per heavy atom. The van der Waals surface area contributed by atoms with E-state index >= 15 is 0 Å². The maximum absolute atomic E-state index is 5.57. The summed E-state index contributed by atoms with van der Waals surface area (Å²) in [6, 6.07) is 2.26. The summed E-state index contributed by atoms with van der Waals surface area (Å²) in [5.41, 5.74) is 4.19. The van der Waals surface area contributed by atoms with E-state index in [-0.39, 0.29) is 6.04 Å². The monoisotopic (exact) mass is 236 g/mol. The molecule has 16 heavy (non-hydrogen) atoms. The molecule has 0 fully saturated rings. The molecule has 1 unspecified atom stereocenters. The molecule has 2 aromatic heterocycles. The molecule has 0 aliphatic rings. The number of thiophene rings is 1. The summed E-state index contributed by atoms with van der Waals surface area (Å²) in [5.74, 6) is 6.56. The number of hydrogen-bond donors (Lipinski definition) is 2. The Kier molecular flexibility index (Phi) is 3.71. The van der Waals surface area contributed by atoms with Gasteiger partial charge in [-0.05, 0) is 35.2 Å². The summed E-state index contributed by atoms with van der Waals surface area (Å²) in [6.07, 6.45) is 5.71. The number of nitrogens with one attached hydrogen (secondary N) is 1. The Bertz CT molecular complexity index is 421. The second-order valence-electron chi connectivity index (χ2n) is 3.79. The van der Waals surface area contributed by atoms with Gasteiger partial charge in [0.1, 0.15) is 5.82 Å². The number of rotatable bonds is 5. The zero-order valence-electron chi connectivity index (χ0n) is 9.26. The van der Waals surface area contributed by atoms with Crippen molar-refractivity contribution in [1.29, 1.82) is 0 Å². The molecule has 2 aromatic rings. The topological polar surface area (TPSA) is 55.9 Å². The van der Waals surface area contributed by atoms with Crippen LogP contribution in [0.2, 0.25) is 0 Å². The van der Waals surface area contributed by atoms with Gasteiger partial charge in [-0.3, -0.25) is 5.84 Å². The molecule has 4 nitrogen and oxygen atoms in total. The van der Waals surface area contributed by atoms with Crippen molar-refractivity contribution in [2.75, 3.05) is 0 Å². The van der Waals surface area contributed by atoms with Crippen LogP contribution < -0.4 is 11.3 Å². The maximum atomic E-state index is 5.57. The minimum absolute atomic E-state index is 0.111. The van der Waals surface area contributed by atoms with Gasteiger partial charge in [0.05, 0.1) is 6.04 Å². The van der Waals surface area contributed by atoms with E-state index < -0.39 is 0 Å². The second kappa shape index (κ2) is 5.25. The third-order valence-corrected chi connectivity index (χ3v) is 3.41. The summed E-state index contributed by atoms with van der Waals surface area (Å²) in [5, 5.41) is 4.27. The largest absolute Gasteiger partial charge is 0.337 e. The third-order valence-electron chi connectivity index (χ3n) is 2.67. The smallest absolute Gasteiger partial charge is 0.126 e. The van der Waals surface area contributed by atoms with Gasteiger partial charge in [0.25, 0.3) is 0 Å². The van der Waals surface area contributed by atoms with Crippen molar-refractivity contribution in [2.45, 2.75) is 18.9 Å². The Morgan fingerprint density at radius 2 is 2.50 bits per heavy atom. The van der Waals surface area contributed by atoms with Crippen LogP contribution in [0.25, 0.3) is 0 Å². The maximum Gasteiger partial charge on any atom is 0.126 e. The minimum atomic E-state index is 0.111. The highest BCUT2D eigenvalue weighted by Crippen LogP contribution is 2.17. The second-order valence-corrected chi connectivity index (χ2v) is 4.57. The Hall–Kier alpha value is -1.17. The first-order valence-electron chi connectivity index (χ1n) is 5.25. The van der Waals surface area contributed by atoms with Crippen LogP contribution in [0.5, 0.6) is 0 Å². The van der Waals surface area contributed by atoms with Gasteiger partial charge in [-0.15, -0.1) is 0 Å². The van der Waals surface area contributed by atoms with Gasteiger partial charge in [-0.2, -0.15) is 11.3 Å². The SMILES string of the molecule is Cn1ccnc1C(CCc1ccsc1)NN. The van der Waals surface area contributed by atoms with Crippen molar-refractivity contribution < 1.29 is 0 Å². The fraction of sp³-hybridized carbons (Fsp3) is 0.364. The molecule has 0 saturated heterocycles. The molecule has 86 valence electrons. The zero-order valence-corrected chi connectivity index (χ0v) is 10.1. The lowest BCUT2D eigenvalue weighted by Gasteiger charge is -2.15. The van der Waals surface area contributed by atoms with Crippen molar-refractivity contribution in [3.05, 3.63) is 40.6 Å². The van der Waals surface area contributed by atoms with Crippen LogP contribution in [0.1, 0.15) is 23.9 Å². The predicted octanol–water partition coefficient (Wildman–Crippen LogP) is 1.62. The van der Waals surface area contributed by atoms with E-state index in [4.69, 9.17) is 5.84 Å². The van der Waals surface area contributed by atoms with Gasteiger partial charge in [0.15, 0.2) is 0 Å². The molecule has 2 rings (SSSR count).